The van der Waals surface area contributed by atoms with Crippen LogP contribution >= 0.6 is 11.6 Å². The van der Waals surface area contributed by atoms with Crippen LogP contribution in [0.1, 0.15) is 36.7 Å². The van der Waals surface area contributed by atoms with E-state index >= 15 is 0 Å². The lowest BCUT2D eigenvalue weighted by atomic mass is 9.92. The van der Waals surface area contributed by atoms with Crippen molar-refractivity contribution in [2.24, 2.45) is 5.92 Å². The van der Waals surface area contributed by atoms with Crippen molar-refractivity contribution in [3.63, 3.8) is 0 Å². The van der Waals surface area contributed by atoms with Gasteiger partial charge in [-0.05, 0) is 53.8 Å². The summed E-state index contributed by atoms with van der Waals surface area (Å²) in [7, 11) is 0. The minimum Gasteiger partial charge on any atom is -0.492 e. The van der Waals surface area contributed by atoms with Gasteiger partial charge in [0.1, 0.15) is 31.1 Å². The average Bonchev–Trinajstić information content (AvgIpc) is 3.50. The van der Waals surface area contributed by atoms with E-state index in [1.165, 1.54) is 11.9 Å². The second kappa shape index (κ2) is 10.00. The minimum absolute atomic E-state index is 0.266. The van der Waals surface area contributed by atoms with Gasteiger partial charge in [-0.2, -0.15) is 5.10 Å². The van der Waals surface area contributed by atoms with Crippen LogP contribution in [0.25, 0.3) is 10.9 Å². The second-order valence-electron chi connectivity index (χ2n) is 9.10. The third-order valence-electron chi connectivity index (χ3n) is 6.12. The van der Waals surface area contributed by atoms with Gasteiger partial charge in [-0.1, -0.05) is 37.6 Å². The standard InChI is InChI=1S/C26H28ClN5O3/c1-17(2)14-35-26(33)32-10-9-21-22-13-19(27)5-8-23(22)30-24(21)25(32)18-3-6-20(7-4-18)34-12-11-31-16-28-15-29-31/h3-8,13,15-17,25,30H,9-12,14H2,1-2H3. The number of carbonyl (C=O) groups excluding carboxylic acids is 1. The topological polar surface area (TPSA) is 85.3 Å². The van der Waals surface area contributed by atoms with Crippen molar-refractivity contribution in [1.29, 1.82) is 0 Å². The molecule has 1 amide bonds. The number of carbonyl (C=O) groups is 1. The summed E-state index contributed by atoms with van der Waals surface area (Å²) in [6.45, 7) is 6.09. The molecule has 8 nitrogen and oxygen atoms in total. The lowest BCUT2D eigenvalue weighted by molar-refractivity contribution is 0.0797. The highest BCUT2D eigenvalue weighted by molar-refractivity contribution is 6.31. The van der Waals surface area contributed by atoms with E-state index in [1.807, 2.05) is 61.2 Å². The third-order valence-corrected chi connectivity index (χ3v) is 6.35. The quantitative estimate of drug-likeness (QED) is 0.381. The Balaban J connectivity index is 1.43. The number of amides is 1. The molecule has 4 aromatic rings. The van der Waals surface area contributed by atoms with Crippen LogP contribution in [0.2, 0.25) is 5.02 Å². The number of rotatable bonds is 7. The number of nitrogens with zero attached hydrogens (tertiary/aromatic N) is 4. The van der Waals surface area contributed by atoms with Crippen molar-refractivity contribution in [2.75, 3.05) is 19.8 Å². The minimum atomic E-state index is -0.306. The highest BCUT2D eigenvalue weighted by Crippen LogP contribution is 2.39. The van der Waals surface area contributed by atoms with Gasteiger partial charge in [0.05, 0.1) is 13.2 Å². The van der Waals surface area contributed by atoms with Crippen LogP contribution in [0.3, 0.4) is 0 Å². The van der Waals surface area contributed by atoms with Gasteiger partial charge in [-0.25, -0.2) is 14.5 Å². The average molecular weight is 494 g/mol. The number of nitrogens with one attached hydrogen (secondary N) is 1. The molecule has 0 aliphatic carbocycles. The van der Waals surface area contributed by atoms with Crippen molar-refractivity contribution in [3.8, 4) is 5.75 Å². The van der Waals surface area contributed by atoms with Gasteiger partial charge in [0.25, 0.3) is 0 Å². The van der Waals surface area contributed by atoms with E-state index in [0.29, 0.717) is 31.3 Å². The summed E-state index contributed by atoms with van der Waals surface area (Å²) >= 11 is 6.29. The van der Waals surface area contributed by atoms with Gasteiger partial charge in [0.2, 0.25) is 0 Å². The molecule has 1 N–H and O–H groups in total. The molecule has 0 bridgehead atoms. The van der Waals surface area contributed by atoms with Crippen LogP contribution in [0.5, 0.6) is 5.75 Å². The molecule has 0 radical (unpaired) electrons. The monoisotopic (exact) mass is 493 g/mol. The summed E-state index contributed by atoms with van der Waals surface area (Å²) in [5, 5.41) is 5.88. The number of aromatic nitrogens is 4. The van der Waals surface area contributed by atoms with E-state index in [-0.39, 0.29) is 18.1 Å². The maximum Gasteiger partial charge on any atom is 0.410 e. The fourth-order valence-corrected chi connectivity index (χ4v) is 4.65. The first-order chi connectivity index (χ1) is 17.0. The van der Waals surface area contributed by atoms with Crippen LogP contribution in [0.15, 0.2) is 55.1 Å². The van der Waals surface area contributed by atoms with E-state index in [4.69, 9.17) is 21.1 Å². The first kappa shape index (κ1) is 23.2. The predicted octanol–water partition coefficient (Wildman–Crippen LogP) is 5.23. The van der Waals surface area contributed by atoms with Gasteiger partial charge < -0.3 is 14.5 Å². The van der Waals surface area contributed by atoms with Crippen LogP contribution < -0.4 is 4.74 Å². The zero-order valence-electron chi connectivity index (χ0n) is 19.8. The van der Waals surface area contributed by atoms with Crippen molar-refractivity contribution < 1.29 is 14.3 Å². The Hall–Kier alpha value is -3.52. The molecular formula is C26H28ClN5O3. The van der Waals surface area contributed by atoms with Crippen LogP contribution in [-0.2, 0) is 17.7 Å². The Morgan fingerprint density at radius 2 is 2.06 bits per heavy atom. The highest BCUT2D eigenvalue weighted by Gasteiger charge is 2.35. The Kier molecular flexibility index (Phi) is 6.63. The van der Waals surface area contributed by atoms with Gasteiger partial charge >= 0.3 is 6.09 Å². The lowest BCUT2D eigenvalue weighted by Crippen LogP contribution is -2.41. The first-order valence-electron chi connectivity index (χ1n) is 11.8. The first-order valence-corrected chi connectivity index (χ1v) is 12.2. The fourth-order valence-electron chi connectivity index (χ4n) is 4.48. The third kappa shape index (κ3) is 4.98. The molecule has 2 aromatic carbocycles. The molecule has 3 heterocycles. The highest BCUT2D eigenvalue weighted by atomic mass is 35.5. The molecular weight excluding hydrogens is 466 g/mol. The predicted molar refractivity (Wildman–Crippen MR) is 134 cm³/mol. The number of halogens is 1. The molecule has 35 heavy (non-hydrogen) atoms. The van der Waals surface area contributed by atoms with Crippen LogP contribution in [-0.4, -0.2) is 50.5 Å². The van der Waals surface area contributed by atoms with Crippen LogP contribution in [0.4, 0.5) is 4.79 Å². The molecule has 1 unspecified atom stereocenters. The number of aromatic amines is 1. The van der Waals surface area contributed by atoms with Crippen molar-refractivity contribution in [3.05, 3.63) is 77.0 Å². The number of benzene rings is 2. The number of H-pyrrole nitrogens is 1. The molecule has 1 aliphatic heterocycles. The number of hydrogen-bond acceptors (Lipinski definition) is 5. The summed E-state index contributed by atoms with van der Waals surface area (Å²) in [6, 6.07) is 13.4. The largest absolute Gasteiger partial charge is 0.492 e. The van der Waals surface area contributed by atoms with Gasteiger partial charge in [0.15, 0.2) is 0 Å². The van der Waals surface area contributed by atoms with Gasteiger partial charge in [-0.3, -0.25) is 4.90 Å². The Morgan fingerprint density at radius 3 is 2.80 bits per heavy atom. The number of fused-ring (bicyclic) bond motifs is 3. The molecule has 1 atom stereocenters. The molecule has 1 aliphatic rings. The summed E-state index contributed by atoms with van der Waals surface area (Å²) in [4.78, 5) is 22.4. The Labute approximate surface area is 208 Å². The zero-order valence-corrected chi connectivity index (χ0v) is 20.5. The molecule has 0 fully saturated rings. The van der Waals surface area contributed by atoms with Crippen LogP contribution in [0, 0.1) is 5.92 Å². The lowest BCUT2D eigenvalue weighted by Gasteiger charge is -2.35. The molecule has 0 saturated carbocycles. The molecule has 182 valence electrons. The van der Waals surface area contributed by atoms with E-state index < -0.39 is 0 Å². The molecule has 5 rings (SSSR count). The summed E-state index contributed by atoms with van der Waals surface area (Å²) < 4.78 is 13.2. The SMILES string of the molecule is CC(C)COC(=O)N1CCc2c([nH]c3ccc(Cl)cc23)C1c1ccc(OCCn2cncn2)cc1. The summed E-state index contributed by atoms with van der Waals surface area (Å²) in [6.07, 6.45) is 3.59. The van der Waals surface area contributed by atoms with E-state index in [9.17, 15) is 4.79 Å². The smallest absolute Gasteiger partial charge is 0.410 e. The van der Waals surface area contributed by atoms with E-state index in [2.05, 4.69) is 15.1 Å². The zero-order chi connectivity index (χ0) is 24.4. The normalized spacial score (nSPS) is 15.4. The Morgan fingerprint density at radius 1 is 1.23 bits per heavy atom. The van der Waals surface area contributed by atoms with Crippen molar-refractivity contribution in [2.45, 2.75) is 32.9 Å². The summed E-state index contributed by atoms with van der Waals surface area (Å²) in [5.41, 5.74) is 4.17. The molecule has 0 spiro atoms. The number of ether oxygens (including phenoxy) is 2. The van der Waals surface area contributed by atoms with Crippen molar-refractivity contribution in [1.82, 2.24) is 24.6 Å². The number of hydrogen-bond donors (Lipinski definition) is 1. The summed E-state index contributed by atoms with van der Waals surface area (Å²) in [5.74, 6) is 1.02. The van der Waals surface area contributed by atoms with Gasteiger partial charge in [-0.15, -0.1) is 0 Å². The van der Waals surface area contributed by atoms with Gasteiger partial charge in [0, 0.05) is 28.2 Å². The Bertz CT molecular complexity index is 1300. The molecule has 9 heteroatoms. The molecule has 2 aromatic heterocycles. The maximum atomic E-state index is 13.1. The van der Waals surface area contributed by atoms with E-state index in [1.54, 1.807) is 11.0 Å². The fraction of sp³-hybridized carbons (Fsp3) is 0.346. The maximum absolute atomic E-state index is 13.1. The second-order valence-corrected chi connectivity index (χ2v) is 9.54. The van der Waals surface area contributed by atoms with E-state index in [0.717, 1.165) is 34.3 Å². The van der Waals surface area contributed by atoms with Crippen molar-refractivity contribution >= 4 is 28.6 Å². The molecule has 0 saturated heterocycles.